The molecule has 0 saturated heterocycles. The van der Waals surface area contributed by atoms with E-state index >= 15 is 0 Å². The van der Waals surface area contributed by atoms with Crippen LogP contribution in [0, 0.1) is 0 Å². The van der Waals surface area contributed by atoms with Gasteiger partial charge in [0.2, 0.25) is 0 Å². The predicted octanol–water partition coefficient (Wildman–Crippen LogP) is 2.93. The maximum atomic E-state index is 12.1. The van der Waals surface area contributed by atoms with Gasteiger partial charge in [-0.1, -0.05) is 11.8 Å². The number of benzene rings is 2. The Kier molecular flexibility index (Phi) is 7.50. The van der Waals surface area contributed by atoms with E-state index in [-0.39, 0.29) is 17.4 Å². The second-order valence-electron chi connectivity index (χ2n) is 6.29. The molecule has 10 heteroatoms. The van der Waals surface area contributed by atoms with E-state index in [1.54, 1.807) is 19.2 Å². The Bertz CT molecular complexity index is 1070. The molecule has 0 spiro atoms. The summed E-state index contributed by atoms with van der Waals surface area (Å²) < 4.78 is 12.2. The minimum atomic E-state index is -0.274. The first kappa shape index (κ1) is 22.2. The Morgan fingerprint density at radius 3 is 2.65 bits per heavy atom. The molecular formula is C21H23N5O4S. The molecule has 1 heterocycles. The quantitative estimate of drug-likeness (QED) is 0.298. The topological polar surface area (TPSA) is 111 Å². The Morgan fingerprint density at radius 2 is 1.97 bits per heavy atom. The maximum absolute atomic E-state index is 12.1. The molecule has 9 nitrogen and oxygen atoms in total. The largest absolute Gasteiger partial charge is 0.504 e. The van der Waals surface area contributed by atoms with Crippen LogP contribution in [0.4, 0.5) is 0 Å². The Balaban J connectivity index is 1.59. The highest BCUT2D eigenvalue weighted by Crippen LogP contribution is 2.26. The number of thioether (sulfide) groups is 1. The molecule has 0 saturated carbocycles. The minimum absolute atomic E-state index is 0.0362. The Morgan fingerprint density at radius 1 is 1.19 bits per heavy atom. The molecular weight excluding hydrogens is 418 g/mol. The van der Waals surface area contributed by atoms with Crippen LogP contribution in [0.5, 0.6) is 17.2 Å². The molecule has 0 unspecified atom stereocenters. The summed E-state index contributed by atoms with van der Waals surface area (Å²) in [5.41, 5.74) is 4.07. The summed E-state index contributed by atoms with van der Waals surface area (Å²) >= 11 is 1.28. The number of nitrogens with zero attached hydrogens (tertiary/aromatic N) is 4. The summed E-state index contributed by atoms with van der Waals surface area (Å²) in [5, 5.41) is 22.7. The van der Waals surface area contributed by atoms with Gasteiger partial charge in [0, 0.05) is 12.1 Å². The van der Waals surface area contributed by atoms with Crippen molar-refractivity contribution < 1.29 is 19.4 Å². The molecule has 31 heavy (non-hydrogen) atoms. The van der Waals surface area contributed by atoms with E-state index in [0.717, 1.165) is 17.1 Å². The monoisotopic (exact) mass is 441 g/mol. The third-order valence-corrected chi connectivity index (χ3v) is 5.29. The fourth-order valence-electron chi connectivity index (χ4n) is 2.75. The fraction of sp³-hybridized carbons (Fsp3) is 0.238. The van der Waals surface area contributed by atoms with Crippen molar-refractivity contribution in [2.75, 3.05) is 20.0 Å². The van der Waals surface area contributed by atoms with Gasteiger partial charge in [0.1, 0.15) is 5.75 Å². The smallest absolute Gasteiger partial charge is 0.250 e. The van der Waals surface area contributed by atoms with E-state index in [9.17, 15) is 9.90 Å². The molecule has 0 aliphatic heterocycles. The molecule has 0 aliphatic rings. The number of hydrogen-bond donors (Lipinski definition) is 2. The number of carbonyl (C=O) groups excluding carboxylic acids is 1. The molecule has 2 aromatic carbocycles. The summed E-state index contributed by atoms with van der Waals surface area (Å²) in [6.07, 6.45) is 1.47. The van der Waals surface area contributed by atoms with Gasteiger partial charge in [-0.05, 0) is 55.0 Å². The molecule has 0 radical (unpaired) electrons. The van der Waals surface area contributed by atoms with Crippen LogP contribution < -0.4 is 14.9 Å². The van der Waals surface area contributed by atoms with Gasteiger partial charge >= 0.3 is 0 Å². The van der Waals surface area contributed by atoms with Gasteiger partial charge in [0.15, 0.2) is 22.5 Å². The van der Waals surface area contributed by atoms with E-state index < -0.39 is 0 Å². The van der Waals surface area contributed by atoms with Crippen LogP contribution in [0.3, 0.4) is 0 Å². The van der Waals surface area contributed by atoms with Gasteiger partial charge in [-0.3, -0.25) is 4.79 Å². The number of carbonyl (C=O) groups is 1. The first-order valence-electron chi connectivity index (χ1n) is 9.45. The summed E-state index contributed by atoms with van der Waals surface area (Å²) in [7, 11) is 3.08. The molecule has 3 aromatic rings. The average molecular weight is 442 g/mol. The normalized spacial score (nSPS) is 10.9. The van der Waals surface area contributed by atoms with Crippen LogP contribution in [0.15, 0.2) is 52.7 Å². The van der Waals surface area contributed by atoms with Gasteiger partial charge in [0.25, 0.3) is 5.91 Å². The van der Waals surface area contributed by atoms with Gasteiger partial charge in [-0.15, -0.1) is 10.2 Å². The number of amides is 1. The second-order valence-corrected chi connectivity index (χ2v) is 7.23. The summed E-state index contributed by atoms with van der Waals surface area (Å²) in [4.78, 5) is 12.1. The van der Waals surface area contributed by atoms with Crippen molar-refractivity contribution in [2.24, 2.45) is 5.10 Å². The van der Waals surface area contributed by atoms with Crippen molar-refractivity contribution in [1.82, 2.24) is 20.2 Å². The van der Waals surface area contributed by atoms with Gasteiger partial charge in [-0.25, -0.2) is 5.43 Å². The van der Waals surface area contributed by atoms with Crippen LogP contribution in [0.2, 0.25) is 0 Å². The lowest BCUT2D eigenvalue weighted by atomic mass is 10.2. The van der Waals surface area contributed by atoms with Crippen LogP contribution in [-0.4, -0.2) is 52.0 Å². The zero-order valence-electron chi connectivity index (χ0n) is 17.4. The van der Waals surface area contributed by atoms with Crippen LogP contribution in [0.1, 0.15) is 12.5 Å². The third kappa shape index (κ3) is 5.54. The lowest BCUT2D eigenvalue weighted by Crippen LogP contribution is -2.20. The fourth-order valence-corrected chi connectivity index (χ4v) is 3.54. The van der Waals surface area contributed by atoms with Crippen molar-refractivity contribution in [3.8, 4) is 28.6 Å². The number of methoxy groups -OCH3 is 2. The summed E-state index contributed by atoms with van der Waals surface area (Å²) in [5.74, 6) is 1.73. The first-order valence-corrected chi connectivity index (χ1v) is 10.4. The molecule has 0 fully saturated rings. The lowest BCUT2D eigenvalue weighted by molar-refractivity contribution is -0.118. The molecule has 0 aliphatic carbocycles. The number of aromatic hydroxyl groups is 1. The Hall–Kier alpha value is -3.53. The van der Waals surface area contributed by atoms with Gasteiger partial charge < -0.3 is 19.1 Å². The van der Waals surface area contributed by atoms with E-state index in [1.807, 2.05) is 35.8 Å². The van der Waals surface area contributed by atoms with Crippen molar-refractivity contribution in [2.45, 2.75) is 18.6 Å². The molecule has 162 valence electrons. The zero-order chi connectivity index (χ0) is 22.2. The number of phenolic OH excluding ortho intramolecular Hbond substituents is 1. The molecule has 2 N–H and O–H groups in total. The molecule has 0 atom stereocenters. The number of nitrogens with one attached hydrogen (secondary N) is 1. The molecule has 1 aromatic heterocycles. The number of phenols is 1. The molecule has 1 amide bonds. The minimum Gasteiger partial charge on any atom is -0.504 e. The highest BCUT2D eigenvalue weighted by Gasteiger charge is 2.14. The first-order chi connectivity index (χ1) is 15.0. The van der Waals surface area contributed by atoms with Crippen LogP contribution in [0.25, 0.3) is 11.4 Å². The predicted molar refractivity (Wildman–Crippen MR) is 119 cm³/mol. The lowest BCUT2D eigenvalue weighted by Gasteiger charge is -2.07. The second kappa shape index (κ2) is 10.5. The molecule has 0 bridgehead atoms. The van der Waals surface area contributed by atoms with E-state index in [1.165, 1.54) is 31.2 Å². The highest BCUT2D eigenvalue weighted by atomic mass is 32.2. The van der Waals surface area contributed by atoms with Crippen molar-refractivity contribution in [3.63, 3.8) is 0 Å². The zero-order valence-corrected chi connectivity index (χ0v) is 18.2. The SMILES string of the molecule is CCn1c(SCC(=O)N/N=C/c2ccc(O)c(OC)c2)nnc1-c1ccc(OC)cc1. The van der Waals surface area contributed by atoms with Crippen molar-refractivity contribution >= 4 is 23.9 Å². The summed E-state index contributed by atoms with van der Waals surface area (Å²) in [6.45, 7) is 2.66. The van der Waals surface area contributed by atoms with Crippen LogP contribution >= 0.6 is 11.8 Å². The third-order valence-electron chi connectivity index (χ3n) is 4.32. The number of hydrogen-bond acceptors (Lipinski definition) is 8. The number of hydrazone groups is 1. The van der Waals surface area contributed by atoms with Gasteiger partial charge in [0.05, 0.1) is 26.2 Å². The highest BCUT2D eigenvalue weighted by molar-refractivity contribution is 7.99. The number of aromatic nitrogens is 3. The Labute approximate surface area is 184 Å². The standard InChI is InChI=1S/C21H23N5O4S/c1-4-26-20(15-6-8-16(29-2)9-7-15)24-25-21(26)31-13-19(28)23-22-12-14-5-10-17(27)18(11-14)30-3/h5-12,27H,4,13H2,1-3H3,(H,23,28)/b22-12+. The van der Waals surface area contributed by atoms with E-state index in [4.69, 9.17) is 9.47 Å². The van der Waals surface area contributed by atoms with E-state index in [0.29, 0.717) is 23.0 Å². The average Bonchev–Trinajstić information content (AvgIpc) is 3.21. The van der Waals surface area contributed by atoms with Crippen molar-refractivity contribution in [3.05, 3.63) is 48.0 Å². The number of ether oxygens (including phenoxy) is 2. The molecule has 3 rings (SSSR count). The van der Waals surface area contributed by atoms with Crippen molar-refractivity contribution in [1.29, 1.82) is 0 Å². The maximum Gasteiger partial charge on any atom is 0.250 e. The van der Waals surface area contributed by atoms with Gasteiger partial charge in [-0.2, -0.15) is 5.10 Å². The van der Waals surface area contributed by atoms with Crippen LogP contribution in [-0.2, 0) is 11.3 Å². The number of rotatable bonds is 9. The van der Waals surface area contributed by atoms with E-state index in [2.05, 4.69) is 20.7 Å². The summed E-state index contributed by atoms with van der Waals surface area (Å²) in [6, 6.07) is 12.3.